The molecule has 0 unspecified atom stereocenters. The zero-order chi connectivity index (χ0) is 13.9. The molecule has 5 nitrogen and oxygen atoms in total. The Morgan fingerprint density at radius 3 is 2.80 bits per heavy atom. The van der Waals surface area contributed by atoms with Gasteiger partial charge in [0, 0.05) is 11.8 Å². The molecule has 2 heterocycles. The average Bonchev–Trinajstić information content (AvgIpc) is 2.89. The molecule has 0 saturated heterocycles. The average molecular weight is 285 g/mol. The van der Waals surface area contributed by atoms with Crippen LogP contribution in [0.3, 0.4) is 0 Å². The Balaban J connectivity index is 1.85. The normalized spacial score (nSPS) is 10.8. The number of aliphatic carboxylic acids is 1. The van der Waals surface area contributed by atoms with Crippen LogP contribution in [0.25, 0.3) is 22.4 Å². The van der Waals surface area contributed by atoms with Crippen LogP contribution in [0.15, 0.2) is 47.6 Å². The lowest BCUT2D eigenvalue weighted by Crippen LogP contribution is -1.98. The van der Waals surface area contributed by atoms with Crippen molar-refractivity contribution in [2.24, 2.45) is 0 Å². The summed E-state index contributed by atoms with van der Waals surface area (Å²) in [4.78, 5) is 22.5. The number of nitrogens with one attached hydrogen (secondary N) is 1. The molecule has 0 fully saturated rings. The van der Waals surface area contributed by atoms with Gasteiger partial charge in [-0.2, -0.15) is 0 Å². The number of carboxylic acids is 1. The van der Waals surface area contributed by atoms with E-state index in [2.05, 4.69) is 15.0 Å². The van der Waals surface area contributed by atoms with E-state index in [1.807, 2.05) is 30.3 Å². The van der Waals surface area contributed by atoms with E-state index in [9.17, 15) is 4.79 Å². The van der Waals surface area contributed by atoms with Crippen molar-refractivity contribution in [3.63, 3.8) is 0 Å². The second kappa shape index (κ2) is 5.34. The van der Waals surface area contributed by atoms with E-state index in [1.165, 1.54) is 11.8 Å². The Kier molecular flexibility index (Phi) is 3.39. The van der Waals surface area contributed by atoms with Crippen LogP contribution in [0.2, 0.25) is 0 Å². The van der Waals surface area contributed by atoms with Gasteiger partial charge in [0.1, 0.15) is 5.82 Å². The summed E-state index contributed by atoms with van der Waals surface area (Å²) in [6.07, 6.45) is 1.70. The van der Waals surface area contributed by atoms with Crippen LogP contribution < -0.4 is 0 Å². The maximum absolute atomic E-state index is 10.5. The first kappa shape index (κ1) is 12.7. The van der Waals surface area contributed by atoms with Crippen molar-refractivity contribution in [1.82, 2.24) is 15.0 Å². The number of H-pyrrole nitrogens is 1. The van der Waals surface area contributed by atoms with Gasteiger partial charge >= 0.3 is 5.97 Å². The van der Waals surface area contributed by atoms with Gasteiger partial charge in [-0.3, -0.25) is 4.79 Å². The molecule has 0 bridgehead atoms. The number of nitrogens with zero attached hydrogens (tertiary/aromatic N) is 2. The van der Waals surface area contributed by atoms with Crippen molar-refractivity contribution < 1.29 is 9.90 Å². The second-order valence-electron chi connectivity index (χ2n) is 4.17. The molecule has 2 aromatic heterocycles. The number of imidazole rings is 1. The highest BCUT2D eigenvalue weighted by molar-refractivity contribution is 7.99. The van der Waals surface area contributed by atoms with Crippen molar-refractivity contribution in [2.75, 3.05) is 5.75 Å². The number of fused-ring (bicyclic) bond motifs is 1. The second-order valence-corrected chi connectivity index (χ2v) is 5.17. The van der Waals surface area contributed by atoms with Gasteiger partial charge < -0.3 is 10.1 Å². The SMILES string of the molecule is O=C(O)CSc1ccc(-c2nc3ccccc3[nH]2)cn1. The molecule has 0 atom stereocenters. The molecule has 0 saturated carbocycles. The molecular formula is C14H11N3O2S. The van der Waals surface area contributed by atoms with Gasteiger partial charge in [0.15, 0.2) is 0 Å². The Morgan fingerprint density at radius 1 is 1.25 bits per heavy atom. The zero-order valence-corrected chi connectivity index (χ0v) is 11.2. The number of para-hydroxylation sites is 2. The van der Waals surface area contributed by atoms with Crippen molar-refractivity contribution in [3.8, 4) is 11.4 Å². The molecular weight excluding hydrogens is 274 g/mol. The highest BCUT2D eigenvalue weighted by atomic mass is 32.2. The molecule has 1 aromatic carbocycles. The summed E-state index contributed by atoms with van der Waals surface area (Å²) >= 11 is 1.20. The number of hydrogen-bond acceptors (Lipinski definition) is 4. The smallest absolute Gasteiger partial charge is 0.313 e. The van der Waals surface area contributed by atoms with Crippen LogP contribution in [0, 0.1) is 0 Å². The van der Waals surface area contributed by atoms with Crippen molar-refractivity contribution >= 4 is 28.8 Å². The molecule has 0 spiro atoms. The lowest BCUT2D eigenvalue weighted by atomic mass is 10.3. The van der Waals surface area contributed by atoms with Crippen molar-refractivity contribution in [2.45, 2.75) is 5.03 Å². The predicted octanol–water partition coefficient (Wildman–Crippen LogP) is 2.80. The first-order chi connectivity index (χ1) is 9.72. The number of pyridine rings is 1. The quantitative estimate of drug-likeness (QED) is 0.721. The fourth-order valence-electron chi connectivity index (χ4n) is 1.83. The minimum atomic E-state index is -0.849. The third kappa shape index (κ3) is 2.65. The number of aromatic amines is 1. The minimum Gasteiger partial charge on any atom is -0.481 e. The van der Waals surface area contributed by atoms with Gasteiger partial charge in [0.2, 0.25) is 0 Å². The predicted molar refractivity (Wildman–Crippen MR) is 77.7 cm³/mol. The lowest BCUT2D eigenvalue weighted by Gasteiger charge is -1.99. The molecule has 2 N–H and O–H groups in total. The molecule has 100 valence electrons. The highest BCUT2D eigenvalue weighted by Gasteiger charge is 2.06. The van der Waals surface area contributed by atoms with Crippen LogP contribution in [0.5, 0.6) is 0 Å². The molecule has 0 amide bonds. The summed E-state index contributed by atoms with van der Waals surface area (Å²) in [7, 11) is 0. The molecule has 0 aliphatic rings. The maximum atomic E-state index is 10.5. The van der Waals surface area contributed by atoms with Gasteiger partial charge in [0.25, 0.3) is 0 Å². The standard InChI is InChI=1S/C14H11N3O2S/c18-13(19)8-20-12-6-5-9(7-15-12)14-16-10-3-1-2-4-11(10)17-14/h1-7H,8H2,(H,16,17)(H,18,19). The van der Waals surface area contributed by atoms with E-state index >= 15 is 0 Å². The van der Waals surface area contributed by atoms with E-state index in [0.717, 1.165) is 22.4 Å². The van der Waals surface area contributed by atoms with Gasteiger partial charge in [0.05, 0.1) is 21.8 Å². The van der Waals surface area contributed by atoms with Gasteiger partial charge in [-0.1, -0.05) is 23.9 Å². The minimum absolute atomic E-state index is 0.0109. The Morgan fingerprint density at radius 2 is 2.10 bits per heavy atom. The zero-order valence-electron chi connectivity index (χ0n) is 10.4. The number of hydrogen-bond donors (Lipinski definition) is 2. The third-order valence-electron chi connectivity index (χ3n) is 2.74. The Labute approximate surface area is 119 Å². The molecule has 0 aliphatic heterocycles. The number of rotatable bonds is 4. The number of thioether (sulfide) groups is 1. The van der Waals surface area contributed by atoms with E-state index in [4.69, 9.17) is 5.11 Å². The fourth-order valence-corrected chi connectivity index (χ4v) is 2.39. The van der Waals surface area contributed by atoms with Crippen LogP contribution in [-0.2, 0) is 4.79 Å². The summed E-state index contributed by atoms with van der Waals surface area (Å²) in [5.74, 6) is -0.0802. The summed E-state index contributed by atoms with van der Waals surface area (Å²) in [5, 5.41) is 9.31. The molecule has 20 heavy (non-hydrogen) atoms. The first-order valence-corrected chi connectivity index (χ1v) is 6.97. The summed E-state index contributed by atoms with van der Waals surface area (Å²) in [6.45, 7) is 0. The Hall–Kier alpha value is -2.34. The molecule has 6 heteroatoms. The number of benzene rings is 1. The van der Waals surface area contributed by atoms with Crippen molar-refractivity contribution in [1.29, 1.82) is 0 Å². The number of aromatic nitrogens is 3. The summed E-state index contributed by atoms with van der Waals surface area (Å²) in [6, 6.07) is 11.5. The van der Waals surface area contributed by atoms with Crippen LogP contribution in [0.4, 0.5) is 0 Å². The highest BCUT2D eigenvalue weighted by Crippen LogP contribution is 2.22. The molecule has 0 radical (unpaired) electrons. The van der Waals surface area contributed by atoms with E-state index in [-0.39, 0.29) is 5.75 Å². The van der Waals surface area contributed by atoms with Crippen LogP contribution >= 0.6 is 11.8 Å². The fraction of sp³-hybridized carbons (Fsp3) is 0.0714. The lowest BCUT2D eigenvalue weighted by molar-refractivity contribution is -0.133. The van der Waals surface area contributed by atoms with Gasteiger partial charge in [-0.05, 0) is 24.3 Å². The van der Waals surface area contributed by atoms with E-state index < -0.39 is 5.97 Å². The van der Waals surface area contributed by atoms with Crippen LogP contribution in [-0.4, -0.2) is 31.8 Å². The summed E-state index contributed by atoms with van der Waals surface area (Å²) < 4.78 is 0. The summed E-state index contributed by atoms with van der Waals surface area (Å²) in [5.41, 5.74) is 2.76. The topological polar surface area (TPSA) is 78.9 Å². The van der Waals surface area contributed by atoms with E-state index in [1.54, 1.807) is 12.3 Å². The third-order valence-corrected chi connectivity index (χ3v) is 3.67. The largest absolute Gasteiger partial charge is 0.481 e. The van der Waals surface area contributed by atoms with Crippen LogP contribution in [0.1, 0.15) is 0 Å². The van der Waals surface area contributed by atoms with Gasteiger partial charge in [-0.15, -0.1) is 0 Å². The monoisotopic (exact) mass is 285 g/mol. The Bertz CT molecular complexity index is 719. The molecule has 0 aliphatic carbocycles. The maximum Gasteiger partial charge on any atom is 0.313 e. The number of carboxylic acid groups (broad SMARTS) is 1. The molecule has 3 aromatic rings. The molecule has 3 rings (SSSR count). The van der Waals surface area contributed by atoms with Crippen molar-refractivity contribution in [3.05, 3.63) is 42.6 Å². The first-order valence-electron chi connectivity index (χ1n) is 5.98. The number of carbonyl (C=O) groups is 1. The van der Waals surface area contributed by atoms with Gasteiger partial charge in [-0.25, -0.2) is 9.97 Å². The van der Waals surface area contributed by atoms with E-state index in [0.29, 0.717) is 5.03 Å².